The lowest BCUT2D eigenvalue weighted by Crippen LogP contribution is -2.47. The number of morpholine rings is 1. The van der Waals surface area contributed by atoms with Gasteiger partial charge in [-0.15, -0.1) is 0 Å². The van der Waals surface area contributed by atoms with E-state index in [1.165, 1.54) is 12.1 Å². The maximum absolute atomic E-state index is 12.9. The molecule has 25 heavy (non-hydrogen) atoms. The molecular weight excluding hydrogens is 364 g/mol. The van der Waals surface area contributed by atoms with Crippen molar-refractivity contribution in [3.05, 3.63) is 30.3 Å². The molecule has 7 nitrogen and oxygen atoms in total. The van der Waals surface area contributed by atoms with Crippen molar-refractivity contribution >= 4 is 19.7 Å². The molecule has 1 N–H and O–H groups in total. The minimum absolute atomic E-state index is 0.132. The minimum Gasteiger partial charge on any atom is -0.379 e. The molecule has 3 rings (SSSR count). The van der Waals surface area contributed by atoms with Crippen molar-refractivity contribution in [3.63, 3.8) is 0 Å². The molecule has 0 spiro atoms. The van der Waals surface area contributed by atoms with Gasteiger partial charge in [-0.05, 0) is 12.1 Å². The molecule has 0 radical (unpaired) electrons. The Kier molecular flexibility index (Phi) is 5.79. The number of sulfone groups is 2. The van der Waals surface area contributed by atoms with Gasteiger partial charge in [0, 0.05) is 32.2 Å². The molecule has 2 atom stereocenters. The van der Waals surface area contributed by atoms with E-state index in [1.807, 2.05) is 0 Å². The molecule has 1 aromatic carbocycles. The summed E-state index contributed by atoms with van der Waals surface area (Å²) < 4.78 is 55.2. The quantitative estimate of drug-likeness (QED) is 0.705. The average molecular weight is 389 g/mol. The van der Waals surface area contributed by atoms with Crippen molar-refractivity contribution in [1.29, 1.82) is 0 Å². The highest BCUT2D eigenvalue weighted by Crippen LogP contribution is 2.25. The standard InChI is InChI=1S/C16H24N2O5S2/c19-24(20)12-15(17-6-7-18-8-10-23-11-9-18)16(13-24)25(21,22)14-4-2-1-3-5-14/h1-5,15-17H,6-13H2/t15-,16-/m0/s1. The summed E-state index contributed by atoms with van der Waals surface area (Å²) >= 11 is 0. The van der Waals surface area contributed by atoms with Crippen LogP contribution in [0.3, 0.4) is 0 Å². The van der Waals surface area contributed by atoms with Gasteiger partial charge in [0.2, 0.25) is 0 Å². The van der Waals surface area contributed by atoms with Gasteiger partial charge in [0.1, 0.15) is 0 Å². The van der Waals surface area contributed by atoms with E-state index in [0.717, 1.165) is 19.6 Å². The molecule has 2 aliphatic heterocycles. The average Bonchev–Trinajstić information content (AvgIpc) is 2.92. The fourth-order valence-electron chi connectivity index (χ4n) is 3.33. The summed E-state index contributed by atoms with van der Waals surface area (Å²) in [5.41, 5.74) is 0. The molecule has 2 aliphatic rings. The number of nitrogens with one attached hydrogen (secondary N) is 1. The van der Waals surface area contributed by atoms with Crippen LogP contribution in [0.25, 0.3) is 0 Å². The summed E-state index contributed by atoms with van der Waals surface area (Å²) in [6, 6.07) is 7.50. The maximum atomic E-state index is 12.9. The fourth-order valence-corrected chi connectivity index (χ4v) is 8.07. The van der Waals surface area contributed by atoms with Crippen molar-refractivity contribution in [2.75, 3.05) is 50.9 Å². The third-order valence-corrected chi connectivity index (χ3v) is 8.88. The SMILES string of the molecule is O=S1(=O)C[C@H](NCCN2CCOCC2)[C@@H](S(=O)(=O)c2ccccc2)C1. The van der Waals surface area contributed by atoms with E-state index in [1.54, 1.807) is 18.2 Å². The van der Waals surface area contributed by atoms with Gasteiger partial charge in [0.15, 0.2) is 19.7 Å². The first-order valence-corrected chi connectivity index (χ1v) is 11.8. The smallest absolute Gasteiger partial charge is 0.183 e. The molecular formula is C16H24N2O5S2. The molecule has 0 amide bonds. The van der Waals surface area contributed by atoms with Crippen LogP contribution in [0, 0.1) is 0 Å². The van der Waals surface area contributed by atoms with Gasteiger partial charge >= 0.3 is 0 Å². The highest BCUT2D eigenvalue weighted by molar-refractivity contribution is 7.96. The molecule has 0 aromatic heterocycles. The second-order valence-corrected chi connectivity index (χ2v) is 10.8. The summed E-state index contributed by atoms with van der Waals surface area (Å²) in [5.74, 6) is -0.452. The normalized spacial score (nSPS) is 27.4. The molecule has 0 saturated carbocycles. The second-order valence-electron chi connectivity index (χ2n) is 6.49. The molecule has 2 heterocycles. The Bertz CT molecular complexity index is 774. The van der Waals surface area contributed by atoms with E-state index >= 15 is 0 Å². The van der Waals surface area contributed by atoms with Crippen LogP contribution in [0.5, 0.6) is 0 Å². The van der Waals surface area contributed by atoms with Gasteiger partial charge in [-0.25, -0.2) is 16.8 Å². The summed E-state index contributed by atoms with van der Waals surface area (Å²) in [4.78, 5) is 2.40. The molecule has 1 aromatic rings. The van der Waals surface area contributed by atoms with Gasteiger partial charge in [0.05, 0.1) is 34.9 Å². The summed E-state index contributed by atoms with van der Waals surface area (Å²) in [6.07, 6.45) is 0. The van der Waals surface area contributed by atoms with Gasteiger partial charge in [-0.1, -0.05) is 18.2 Å². The van der Waals surface area contributed by atoms with Crippen LogP contribution in [0.1, 0.15) is 0 Å². The third kappa shape index (κ3) is 4.59. The Hall–Kier alpha value is -1.00. The Balaban J connectivity index is 1.68. The van der Waals surface area contributed by atoms with Gasteiger partial charge in [0.25, 0.3) is 0 Å². The molecule has 0 bridgehead atoms. The molecule has 140 valence electrons. The van der Waals surface area contributed by atoms with Gasteiger partial charge in [-0.2, -0.15) is 0 Å². The zero-order valence-corrected chi connectivity index (χ0v) is 15.6. The van der Waals surface area contributed by atoms with Gasteiger partial charge < -0.3 is 10.1 Å². The van der Waals surface area contributed by atoms with Crippen LogP contribution in [0.15, 0.2) is 35.2 Å². The van der Waals surface area contributed by atoms with E-state index in [2.05, 4.69) is 10.2 Å². The molecule has 9 heteroatoms. The Morgan fingerprint density at radius 1 is 1.12 bits per heavy atom. The molecule has 0 unspecified atom stereocenters. The lowest BCUT2D eigenvalue weighted by atomic mass is 10.2. The first kappa shape index (κ1) is 18.8. The zero-order chi connectivity index (χ0) is 17.9. The highest BCUT2D eigenvalue weighted by Gasteiger charge is 2.45. The number of hydrogen-bond acceptors (Lipinski definition) is 7. The van der Waals surface area contributed by atoms with Crippen LogP contribution < -0.4 is 5.32 Å². The topological polar surface area (TPSA) is 92.8 Å². The largest absolute Gasteiger partial charge is 0.379 e. The van der Waals surface area contributed by atoms with Crippen molar-refractivity contribution in [2.24, 2.45) is 0 Å². The van der Waals surface area contributed by atoms with Crippen molar-refractivity contribution in [1.82, 2.24) is 10.2 Å². The second kappa shape index (κ2) is 7.71. The fraction of sp³-hybridized carbons (Fsp3) is 0.625. The Labute approximate surface area is 149 Å². The lowest BCUT2D eigenvalue weighted by Gasteiger charge is -2.27. The monoisotopic (exact) mass is 388 g/mol. The molecule has 2 fully saturated rings. The van der Waals surface area contributed by atoms with Crippen LogP contribution in [-0.2, 0) is 24.4 Å². The third-order valence-electron chi connectivity index (χ3n) is 4.71. The van der Waals surface area contributed by atoms with Gasteiger partial charge in [-0.3, -0.25) is 4.90 Å². The highest BCUT2D eigenvalue weighted by atomic mass is 32.2. The summed E-state index contributed by atoms with van der Waals surface area (Å²) in [5, 5.41) is 2.23. The number of rotatable bonds is 6. The van der Waals surface area contributed by atoms with Crippen molar-refractivity contribution in [3.8, 4) is 0 Å². The van der Waals surface area contributed by atoms with E-state index in [4.69, 9.17) is 4.74 Å². The Morgan fingerprint density at radius 2 is 1.80 bits per heavy atom. The molecule has 2 saturated heterocycles. The summed E-state index contributed by atoms with van der Waals surface area (Å²) in [7, 11) is -7.06. The van der Waals surface area contributed by atoms with Crippen LogP contribution in [-0.4, -0.2) is 83.9 Å². The number of hydrogen-bond donors (Lipinski definition) is 1. The van der Waals surface area contributed by atoms with Crippen LogP contribution in [0.4, 0.5) is 0 Å². The van der Waals surface area contributed by atoms with E-state index in [0.29, 0.717) is 19.8 Å². The van der Waals surface area contributed by atoms with E-state index in [9.17, 15) is 16.8 Å². The number of nitrogens with zero attached hydrogens (tertiary/aromatic N) is 1. The first-order chi connectivity index (χ1) is 11.9. The lowest BCUT2D eigenvalue weighted by molar-refractivity contribution is 0.0382. The van der Waals surface area contributed by atoms with E-state index in [-0.39, 0.29) is 16.4 Å². The minimum atomic E-state index is -3.69. The number of ether oxygens (including phenoxy) is 1. The Morgan fingerprint density at radius 3 is 2.48 bits per heavy atom. The van der Waals surface area contributed by atoms with Crippen LogP contribution >= 0.6 is 0 Å². The zero-order valence-electron chi connectivity index (χ0n) is 14.0. The summed E-state index contributed by atoms with van der Waals surface area (Å²) in [6.45, 7) is 4.39. The number of benzene rings is 1. The molecule has 0 aliphatic carbocycles. The van der Waals surface area contributed by atoms with E-state index < -0.39 is 31.0 Å². The maximum Gasteiger partial charge on any atom is 0.183 e. The predicted molar refractivity (Wildman–Crippen MR) is 95.1 cm³/mol. The van der Waals surface area contributed by atoms with Crippen molar-refractivity contribution < 1.29 is 21.6 Å². The first-order valence-electron chi connectivity index (χ1n) is 8.41. The van der Waals surface area contributed by atoms with Crippen LogP contribution in [0.2, 0.25) is 0 Å². The predicted octanol–water partition coefficient (Wildman–Crippen LogP) is -0.452. The van der Waals surface area contributed by atoms with Crippen molar-refractivity contribution in [2.45, 2.75) is 16.2 Å².